The van der Waals surface area contributed by atoms with Crippen LogP contribution in [0.2, 0.25) is 0 Å². The van der Waals surface area contributed by atoms with Crippen LogP contribution in [0.15, 0.2) is 54.7 Å². The Labute approximate surface area is 142 Å². The Morgan fingerprint density at radius 2 is 1.68 bits per heavy atom. The predicted molar refractivity (Wildman–Crippen MR) is 89.0 cm³/mol. The number of rotatable bonds is 5. The van der Waals surface area contributed by atoms with Crippen LogP contribution < -0.4 is 10.1 Å². The summed E-state index contributed by atoms with van der Waals surface area (Å²) in [4.78, 5) is 12.5. The third-order valence-electron chi connectivity index (χ3n) is 3.39. The Balaban J connectivity index is 1.89. The molecule has 0 saturated carbocycles. The van der Waals surface area contributed by atoms with Gasteiger partial charge in [0.15, 0.2) is 11.4 Å². The number of halogens is 2. The summed E-state index contributed by atoms with van der Waals surface area (Å²) in [6.07, 6.45) is 1.55. The Morgan fingerprint density at radius 1 is 1.08 bits per heavy atom. The van der Waals surface area contributed by atoms with Crippen molar-refractivity contribution in [2.75, 3.05) is 11.9 Å². The Hall–Kier alpha value is -3.22. The third kappa shape index (κ3) is 3.82. The summed E-state index contributed by atoms with van der Waals surface area (Å²) in [5.74, 6) is -0.953. The van der Waals surface area contributed by atoms with Gasteiger partial charge in [0.05, 0.1) is 18.5 Å². The number of anilines is 1. The highest BCUT2D eigenvalue weighted by atomic mass is 19.1. The minimum Gasteiger partial charge on any atom is -0.490 e. The quantitative estimate of drug-likeness (QED) is 0.767. The molecule has 0 radical (unpaired) electrons. The summed E-state index contributed by atoms with van der Waals surface area (Å²) in [7, 11) is 0. The molecule has 3 aromatic rings. The van der Waals surface area contributed by atoms with Gasteiger partial charge in [-0.3, -0.25) is 4.79 Å². The Kier molecular flexibility index (Phi) is 4.74. The van der Waals surface area contributed by atoms with Crippen molar-refractivity contribution >= 4 is 11.6 Å². The topological polar surface area (TPSA) is 56.2 Å². The second kappa shape index (κ2) is 7.12. The lowest BCUT2D eigenvalue weighted by atomic mass is 10.3. The molecule has 128 valence electrons. The monoisotopic (exact) mass is 343 g/mol. The van der Waals surface area contributed by atoms with E-state index < -0.39 is 11.7 Å². The third-order valence-corrected chi connectivity index (χ3v) is 3.39. The van der Waals surface area contributed by atoms with Gasteiger partial charge in [-0.15, -0.1) is 0 Å². The van der Waals surface area contributed by atoms with Crippen LogP contribution in [0, 0.1) is 11.6 Å². The number of hydrogen-bond acceptors (Lipinski definition) is 3. The molecule has 1 amide bonds. The molecule has 0 fully saturated rings. The van der Waals surface area contributed by atoms with E-state index >= 15 is 0 Å². The van der Waals surface area contributed by atoms with Gasteiger partial charge in [-0.25, -0.2) is 13.5 Å². The van der Waals surface area contributed by atoms with Crippen molar-refractivity contribution in [3.63, 3.8) is 0 Å². The van der Waals surface area contributed by atoms with E-state index in [1.807, 2.05) is 0 Å². The maximum Gasteiger partial charge on any atom is 0.280 e. The normalized spacial score (nSPS) is 10.5. The van der Waals surface area contributed by atoms with Crippen molar-refractivity contribution in [2.24, 2.45) is 0 Å². The number of nitrogens with zero attached hydrogens (tertiary/aromatic N) is 2. The van der Waals surface area contributed by atoms with Gasteiger partial charge < -0.3 is 10.1 Å². The van der Waals surface area contributed by atoms with Gasteiger partial charge in [-0.2, -0.15) is 5.10 Å². The van der Waals surface area contributed by atoms with Crippen molar-refractivity contribution in [1.29, 1.82) is 0 Å². The average molecular weight is 343 g/mol. The fraction of sp³-hybridized carbons (Fsp3) is 0.111. The van der Waals surface area contributed by atoms with Crippen molar-refractivity contribution in [2.45, 2.75) is 6.92 Å². The van der Waals surface area contributed by atoms with Crippen LogP contribution in [-0.4, -0.2) is 22.3 Å². The van der Waals surface area contributed by atoms with E-state index in [0.717, 1.165) is 0 Å². The van der Waals surface area contributed by atoms with Gasteiger partial charge in [-0.1, -0.05) is 0 Å². The van der Waals surface area contributed by atoms with Gasteiger partial charge >= 0.3 is 0 Å². The highest BCUT2D eigenvalue weighted by Gasteiger charge is 2.19. The minimum atomic E-state index is -0.490. The largest absolute Gasteiger partial charge is 0.490 e. The first-order chi connectivity index (χ1) is 12.1. The lowest BCUT2D eigenvalue weighted by Crippen LogP contribution is -2.14. The maximum atomic E-state index is 13.1. The molecule has 0 spiro atoms. The summed E-state index contributed by atoms with van der Waals surface area (Å²) in [6.45, 7) is 2.14. The van der Waals surface area contributed by atoms with Crippen LogP contribution in [0.3, 0.4) is 0 Å². The number of amides is 1. The fourth-order valence-corrected chi connectivity index (χ4v) is 2.23. The molecule has 5 nitrogen and oxygen atoms in total. The minimum absolute atomic E-state index is 0.0792. The Bertz CT molecular complexity index is 874. The van der Waals surface area contributed by atoms with E-state index in [1.165, 1.54) is 41.1 Å². The van der Waals surface area contributed by atoms with E-state index in [-0.39, 0.29) is 11.5 Å². The number of aromatic nitrogens is 2. The fourth-order valence-electron chi connectivity index (χ4n) is 2.23. The lowest BCUT2D eigenvalue weighted by molar-refractivity contribution is 0.101. The second-order valence-electron chi connectivity index (χ2n) is 5.16. The van der Waals surface area contributed by atoms with E-state index in [9.17, 15) is 13.6 Å². The number of carbonyl (C=O) groups excluding carboxylic acids is 1. The SMILES string of the molecule is CCOc1cn(-c2ccc(F)cc2)nc1C(=O)Nc1ccc(F)cc1. The highest BCUT2D eigenvalue weighted by Crippen LogP contribution is 2.21. The molecule has 0 aliphatic carbocycles. The maximum absolute atomic E-state index is 13.1. The zero-order valence-electron chi connectivity index (χ0n) is 13.4. The molecule has 0 unspecified atom stereocenters. The van der Waals surface area contributed by atoms with E-state index in [2.05, 4.69) is 10.4 Å². The first-order valence-corrected chi connectivity index (χ1v) is 7.62. The number of hydrogen-bond donors (Lipinski definition) is 1. The summed E-state index contributed by atoms with van der Waals surface area (Å²) >= 11 is 0. The molecule has 1 heterocycles. The lowest BCUT2D eigenvalue weighted by Gasteiger charge is -2.05. The molecule has 0 atom stereocenters. The predicted octanol–water partition coefficient (Wildman–Crippen LogP) is 3.80. The molecule has 7 heteroatoms. The number of ether oxygens (including phenoxy) is 1. The highest BCUT2D eigenvalue weighted by molar-refractivity contribution is 6.04. The molecular formula is C18H15F2N3O2. The van der Waals surface area contributed by atoms with Gasteiger partial charge in [0.2, 0.25) is 0 Å². The smallest absolute Gasteiger partial charge is 0.280 e. The van der Waals surface area contributed by atoms with Gasteiger partial charge in [-0.05, 0) is 55.5 Å². The molecule has 3 rings (SSSR count). The van der Waals surface area contributed by atoms with Gasteiger partial charge in [0.1, 0.15) is 11.6 Å². The standard InChI is InChI=1S/C18H15F2N3O2/c1-2-25-16-11-23(15-9-5-13(20)6-10-15)22-17(16)18(24)21-14-7-3-12(19)4-8-14/h3-11H,2H2,1H3,(H,21,24). The van der Waals surface area contributed by atoms with E-state index in [0.29, 0.717) is 23.7 Å². The Morgan fingerprint density at radius 3 is 2.28 bits per heavy atom. The number of benzene rings is 2. The zero-order valence-corrected chi connectivity index (χ0v) is 13.4. The number of carbonyl (C=O) groups is 1. The first kappa shape index (κ1) is 16.6. The molecule has 2 aromatic carbocycles. The summed E-state index contributed by atoms with van der Waals surface area (Å²) < 4.78 is 32.9. The average Bonchev–Trinajstić information content (AvgIpc) is 3.02. The molecule has 1 aromatic heterocycles. The van der Waals surface area contributed by atoms with Crippen LogP contribution in [0.4, 0.5) is 14.5 Å². The molecule has 0 aliphatic heterocycles. The van der Waals surface area contributed by atoms with Crippen LogP contribution in [0.1, 0.15) is 17.4 Å². The number of nitrogens with one attached hydrogen (secondary N) is 1. The van der Waals surface area contributed by atoms with Crippen LogP contribution in [-0.2, 0) is 0 Å². The van der Waals surface area contributed by atoms with Crippen molar-refractivity contribution in [1.82, 2.24) is 9.78 Å². The zero-order chi connectivity index (χ0) is 17.8. The van der Waals surface area contributed by atoms with Crippen molar-refractivity contribution in [3.05, 3.63) is 72.1 Å². The van der Waals surface area contributed by atoms with E-state index in [4.69, 9.17) is 4.74 Å². The first-order valence-electron chi connectivity index (χ1n) is 7.62. The molecule has 25 heavy (non-hydrogen) atoms. The molecular weight excluding hydrogens is 328 g/mol. The summed E-state index contributed by atoms with van der Waals surface area (Å²) in [5, 5.41) is 6.86. The summed E-state index contributed by atoms with van der Waals surface area (Å²) in [6, 6.07) is 11.1. The van der Waals surface area contributed by atoms with Gasteiger partial charge in [0.25, 0.3) is 5.91 Å². The van der Waals surface area contributed by atoms with Gasteiger partial charge in [0, 0.05) is 5.69 Å². The molecule has 0 saturated heterocycles. The molecule has 0 aliphatic rings. The second-order valence-corrected chi connectivity index (χ2v) is 5.16. The van der Waals surface area contributed by atoms with Crippen molar-refractivity contribution < 1.29 is 18.3 Å². The van der Waals surface area contributed by atoms with Crippen LogP contribution in [0.5, 0.6) is 5.75 Å². The van der Waals surface area contributed by atoms with Crippen LogP contribution >= 0.6 is 0 Å². The van der Waals surface area contributed by atoms with Crippen molar-refractivity contribution in [3.8, 4) is 11.4 Å². The van der Waals surface area contributed by atoms with Crippen LogP contribution in [0.25, 0.3) is 5.69 Å². The summed E-state index contributed by atoms with van der Waals surface area (Å²) in [5.41, 5.74) is 1.10. The molecule has 0 bridgehead atoms. The van der Waals surface area contributed by atoms with E-state index in [1.54, 1.807) is 25.3 Å². The molecule has 1 N–H and O–H groups in total.